The predicted molar refractivity (Wildman–Crippen MR) is 232 cm³/mol. The van der Waals surface area contributed by atoms with E-state index in [2.05, 4.69) is 28.2 Å². The average Bonchev–Trinajstić information content (AvgIpc) is 3.15. The molecule has 15 nitrogen and oxygen atoms in total. The first-order valence-corrected chi connectivity index (χ1v) is 21.4. The van der Waals surface area contributed by atoms with E-state index in [0.717, 1.165) is 12.0 Å². The van der Waals surface area contributed by atoms with Crippen LogP contribution in [0.4, 0.5) is 16.2 Å². The van der Waals surface area contributed by atoms with E-state index in [1.54, 1.807) is 32.2 Å². The first kappa shape index (κ1) is 48.9. The van der Waals surface area contributed by atoms with Gasteiger partial charge in [0.1, 0.15) is 17.8 Å². The molecule has 0 unspecified atom stereocenters. The third kappa shape index (κ3) is 14.7. The fourth-order valence-electron chi connectivity index (χ4n) is 8.44. The fraction of sp³-hybridized carbons (Fsp3) is 0.630. The van der Waals surface area contributed by atoms with Crippen LogP contribution in [0.5, 0.6) is 5.75 Å². The van der Waals surface area contributed by atoms with Gasteiger partial charge in [0, 0.05) is 42.3 Å². The van der Waals surface area contributed by atoms with Crippen LogP contribution in [0.3, 0.4) is 0 Å². The molecule has 0 saturated heterocycles. The molecule has 2 aliphatic rings. The topological polar surface area (TPSA) is 200 Å². The van der Waals surface area contributed by atoms with Gasteiger partial charge in [-0.2, -0.15) is 0 Å². The molecule has 0 bridgehead atoms. The Bertz CT molecular complexity index is 1850. The first-order chi connectivity index (χ1) is 28.8. The van der Waals surface area contributed by atoms with Gasteiger partial charge in [-0.05, 0) is 125 Å². The monoisotopic (exact) mass is 852 g/mol. The number of carbonyl (C=O) groups excluding carboxylic acids is 4. The van der Waals surface area contributed by atoms with E-state index in [1.165, 1.54) is 6.07 Å². The highest BCUT2D eigenvalue weighted by atomic mass is 16.6. The number of ether oxygens (including phenoxy) is 5. The molecule has 2 aliphatic carbocycles. The van der Waals surface area contributed by atoms with E-state index in [0.29, 0.717) is 62.5 Å². The number of aromatic carboxylic acids is 1. The molecule has 8 atom stereocenters. The number of carboxylic acid groups (broad SMARTS) is 1. The number of aryl methyl sites for hydroxylation is 2. The summed E-state index contributed by atoms with van der Waals surface area (Å²) in [6.45, 7) is 19.0. The number of carboxylic acids is 1. The SMILES string of the molecule is COCCOCCOCCOc1c(NC(=O)[C@H]2C[C@H](NC(=O)c3cc(C)cc(NC(=O)[C@H]4C[C@H](NC(=O)OC(C)(C)C)[C@@H](C)C[C@H]4C)c3)[C@@H](C)C[C@H]2C)cc(C)cc1C(=O)O. The molecule has 5 N–H and O–H groups in total. The summed E-state index contributed by atoms with van der Waals surface area (Å²) in [5, 5.41) is 22.1. The maximum absolute atomic E-state index is 14.0. The molecule has 0 radical (unpaired) electrons. The summed E-state index contributed by atoms with van der Waals surface area (Å²) in [6, 6.07) is 7.86. The number of benzene rings is 2. The zero-order valence-electron chi connectivity index (χ0n) is 37.6. The highest BCUT2D eigenvalue weighted by Gasteiger charge is 2.40. The van der Waals surface area contributed by atoms with Gasteiger partial charge in [-0.25, -0.2) is 9.59 Å². The summed E-state index contributed by atoms with van der Waals surface area (Å²) < 4.78 is 27.3. The van der Waals surface area contributed by atoms with Crippen molar-refractivity contribution in [3.63, 3.8) is 0 Å². The minimum absolute atomic E-state index is 0.0272. The van der Waals surface area contributed by atoms with Crippen molar-refractivity contribution in [2.75, 3.05) is 57.4 Å². The molecule has 61 heavy (non-hydrogen) atoms. The molecule has 2 aromatic rings. The summed E-state index contributed by atoms with van der Waals surface area (Å²) in [6.07, 6.45) is 1.74. The largest absolute Gasteiger partial charge is 0.488 e. The highest BCUT2D eigenvalue weighted by Crippen LogP contribution is 2.38. The third-order valence-electron chi connectivity index (χ3n) is 11.5. The summed E-state index contributed by atoms with van der Waals surface area (Å²) >= 11 is 0. The van der Waals surface area contributed by atoms with Gasteiger partial charge in [-0.3, -0.25) is 14.4 Å². The summed E-state index contributed by atoms with van der Waals surface area (Å²) in [5.74, 6) is -2.54. The third-order valence-corrected chi connectivity index (χ3v) is 11.5. The minimum atomic E-state index is -1.19. The number of anilines is 2. The molecule has 2 fully saturated rings. The van der Waals surface area contributed by atoms with Gasteiger partial charge in [-0.1, -0.05) is 27.7 Å². The molecule has 4 rings (SSSR count). The lowest BCUT2D eigenvalue weighted by Gasteiger charge is -2.38. The van der Waals surface area contributed by atoms with Crippen LogP contribution in [0.2, 0.25) is 0 Å². The molecule has 0 aromatic heterocycles. The van der Waals surface area contributed by atoms with Gasteiger partial charge in [-0.15, -0.1) is 0 Å². The van der Waals surface area contributed by atoms with Crippen LogP contribution in [-0.2, 0) is 28.5 Å². The van der Waals surface area contributed by atoms with Gasteiger partial charge in [0.15, 0.2) is 5.75 Å². The minimum Gasteiger partial charge on any atom is -0.488 e. The standard InChI is InChI=1S/C46H68N4O11/c1-26-17-32(23-33(18-26)47-42(52)34-25-38(31(6)22-28(34)3)50-45(56)61-46(7,8)9)41(51)48-37-24-35(29(4)21-30(37)5)43(53)49-39-20-27(2)19-36(44(54)55)40(39)60-16-15-59-14-13-58-12-11-57-10/h17-20,23,28-31,34-35,37-38H,11-16,21-22,24-25H2,1-10H3,(H,47,52)(H,48,51)(H,49,53)(H,50,56)(H,54,55)/t28-,29-,30+,31+,34+,35+,37+,38+/m1/s1. The van der Waals surface area contributed by atoms with E-state index < -0.39 is 23.6 Å². The number of carbonyl (C=O) groups is 5. The summed E-state index contributed by atoms with van der Waals surface area (Å²) in [7, 11) is 1.59. The zero-order valence-corrected chi connectivity index (χ0v) is 37.6. The lowest BCUT2D eigenvalue weighted by molar-refractivity contribution is -0.123. The second kappa shape index (κ2) is 22.4. The molecule has 15 heteroatoms. The van der Waals surface area contributed by atoms with Crippen LogP contribution in [-0.4, -0.2) is 99.3 Å². The molecular formula is C46H68N4O11. The Balaban J connectivity index is 1.41. The van der Waals surface area contributed by atoms with E-state index in [1.807, 2.05) is 54.5 Å². The Morgan fingerprint density at radius 1 is 0.672 bits per heavy atom. The molecule has 2 aromatic carbocycles. The molecule has 4 amide bonds. The van der Waals surface area contributed by atoms with Crippen molar-refractivity contribution >= 4 is 41.2 Å². The van der Waals surface area contributed by atoms with E-state index in [9.17, 15) is 29.1 Å². The quantitative estimate of drug-likeness (QED) is 0.0969. The number of hydrogen-bond acceptors (Lipinski definition) is 10. The van der Waals surface area contributed by atoms with Gasteiger partial charge in [0.25, 0.3) is 5.91 Å². The molecular weight excluding hydrogens is 785 g/mol. The van der Waals surface area contributed by atoms with Crippen LogP contribution in [0, 0.1) is 49.4 Å². The predicted octanol–water partition coefficient (Wildman–Crippen LogP) is 6.99. The molecule has 0 spiro atoms. The van der Waals surface area contributed by atoms with Crippen LogP contribution in [0.15, 0.2) is 30.3 Å². The Hall–Kier alpha value is -4.73. The number of hydrogen-bond donors (Lipinski definition) is 5. The van der Waals surface area contributed by atoms with Crippen LogP contribution in [0.1, 0.15) is 106 Å². The normalized spacial score (nSPS) is 24.0. The molecule has 0 aliphatic heterocycles. The van der Waals surface area contributed by atoms with Gasteiger partial charge >= 0.3 is 12.1 Å². The van der Waals surface area contributed by atoms with Crippen molar-refractivity contribution in [1.29, 1.82) is 0 Å². The number of nitrogens with one attached hydrogen (secondary N) is 4. The second-order valence-electron chi connectivity index (χ2n) is 18.0. The Labute approximate surface area is 360 Å². The van der Waals surface area contributed by atoms with Crippen molar-refractivity contribution in [2.45, 2.75) is 106 Å². The van der Waals surface area contributed by atoms with Crippen molar-refractivity contribution in [3.05, 3.63) is 52.6 Å². The van der Waals surface area contributed by atoms with Crippen molar-refractivity contribution in [1.82, 2.24) is 10.6 Å². The number of alkyl carbamates (subject to hydrolysis) is 1. The molecule has 338 valence electrons. The number of amides is 4. The van der Waals surface area contributed by atoms with Crippen LogP contribution >= 0.6 is 0 Å². The van der Waals surface area contributed by atoms with E-state index >= 15 is 0 Å². The fourth-order valence-corrected chi connectivity index (χ4v) is 8.44. The summed E-state index contributed by atoms with van der Waals surface area (Å²) in [4.78, 5) is 66.5. The average molecular weight is 853 g/mol. The van der Waals surface area contributed by atoms with Crippen molar-refractivity contribution < 1.29 is 52.8 Å². The molecule has 2 saturated carbocycles. The zero-order chi connectivity index (χ0) is 45.0. The van der Waals surface area contributed by atoms with Gasteiger partial charge < -0.3 is 50.1 Å². The first-order valence-electron chi connectivity index (χ1n) is 21.4. The maximum Gasteiger partial charge on any atom is 0.407 e. The van der Waals surface area contributed by atoms with Crippen molar-refractivity contribution in [2.24, 2.45) is 35.5 Å². The van der Waals surface area contributed by atoms with Crippen LogP contribution in [0.25, 0.3) is 0 Å². The second-order valence-corrected chi connectivity index (χ2v) is 18.0. The van der Waals surface area contributed by atoms with Gasteiger partial charge in [0.2, 0.25) is 11.8 Å². The summed E-state index contributed by atoms with van der Waals surface area (Å²) in [5.41, 5.74) is 1.83. The molecule has 0 heterocycles. The van der Waals surface area contributed by atoms with E-state index in [4.69, 9.17) is 23.7 Å². The van der Waals surface area contributed by atoms with Crippen LogP contribution < -0.4 is 26.0 Å². The lowest BCUT2D eigenvalue weighted by Crippen LogP contribution is -2.49. The number of rotatable bonds is 18. The number of methoxy groups -OCH3 is 1. The Kier molecular flexibility index (Phi) is 18.0. The van der Waals surface area contributed by atoms with Crippen molar-refractivity contribution in [3.8, 4) is 5.75 Å². The highest BCUT2D eigenvalue weighted by molar-refractivity contribution is 6.00. The Morgan fingerprint density at radius 2 is 1.21 bits per heavy atom. The maximum atomic E-state index is 14.0. The Morgan fingerprint density at radius 3 is 1.79 bits per heavy atom. The van der Waals surface area contributed by atoms with Gasteiger partial charge in [0.05, 0.1) is 38.7 Å². The lowest BCUT2D eigenvalue weighted by atomic mass is 9.72. The van der Waals surface area contributed by atoms with E-state index in [-0.39, 0.29) is 89.6 Å². The smallest absolute Gasteiger partial charge is 0.407 e.